The molecule has 0 N–H and O–H groups in total. The molecule has 0 saturated heterocycles. The highest BCUT2D eigenvalue weighted by Gasteiger charge is 2.03. The topological polar surface area (TPSA) is 41.6 Å². The number of hydrogen-bond donors (Lipinski definition) is 0. The quantitative estimate of drug-likeness (QED) is 0.792. The second-order valence-electron chi connectivity index (χ2n) is 3.24. The Bertz CT molecular complexity index is 537. The molecule has 2 aromatic rings. The van der Waals surface area contributed by atoms with Crippen LogP contribution in [0.1, 0.15) is 5.56 Å². The number of aryl methyl sites for hydroxylation is 1. The van der Waals surface area contributed by atoms with Gasteiger partial charge in [-0.15, -0.1) is 0 Å². The van der Waals surface area contributed by atoms with Crippen molar-refractivity contribution < 1.29 is 0 Å². The molecule has 0 amide bonds. The van der Waals surface area contributed by atoms with E-state index in [-0.39, 0.29) is 0 Å². The number of rotatable bonds is 1. The lowest BCUT2D eigenvalue weighted by Crippen LogP contribution is -1.84. The Labute approximate surface area is 96.1 Å². The van der Waals surface area contributed by atoms with Gasteiger partial charge in [-0.2, -0.15) is 10.4 Å². The first kappa shape index (κ1) is 9.94. The van der Waals surface area contributed by atoms with E-state index in [1.54, 1.807) is 16.9 Å². The molecule has 0 bridgehead atoms. The lowest BCUT2D eigenvalue weighted by Gasteiger charge is -1.99. The minimum Gasteiger partial charge on any atom is -0.275 e. The van der Waals surface area contributed by atoms with Crippen LogP contribution in [0.2, 0.25) is 0 Å². The molecule has 0 atom stereocenters. The number of hydrogen-bond acceptors (Lipinski definition) is 2. The first-order valence-corrected chi connectivity index (χ1v) is 5.18. The summed E-state index contributed by atoms with van der Waals surface area (Å²) in [5.41, 5.74) is 2.65. The van der Waals surface area contributed by atoms with Gasteiger partial charge in [0.05, 0.1) is 17.8 Å². The molecule has 0 aliphatic carbocycles. The smallest absolute Gasteiger partial charge is 0.0992 e. The molecule has 1 heterocycles. The van der Waals surface area contributed by atoms with Crippen LogP contribution in [0.4, 0.5) is 0 Å². The Kier molecular flexibility index (Phi) is 2.57. The lowest BCUT2D eigenvalue weighted by molar-refractivity contribution is 0.768. The maximum absolute atomic E-state index is 8.85. The highest BCUT2D eigenvalue weighted by Crippen LogP contribution is 2.24. The summed E-state index contributed by atoms with van der Waals surface area (Å²) in [6.07, 6.45) is 3.70. The molecule has 0 spiro atoms. The molecule has 2 rings (SSSR count). The fraction of sp³-hybridized carbons (Fsp3) is 0.0909. The summed E-state index contributed by atoms with van der Waals surface area (Å²) < 4.78 is 2.64. The summed E-state index contributed by atoms with van der Waals surface area (Å²) in [7, 11) is 1.87. The fourth-order valence-corrected chi connectivity index (χ4v) is 1.88. The van der Waals surface area contributed by atoms with Crippen LogP contribution in [0.15, 0.2) is 35.1 Å². The molecule has 0 aliphatic heterocycles. The average Bonchev–Trinajstić information content (AvgIpc) is 2.64. The number of aromatic nitrogens is 2. The van der Waals surface area contributed by atoms with Gasteiger partial charge in [-0.25, -0.2) is 0 Å². The first-order valence-electron chi connectivity index (χ1n) is 4.39. The number of nitriles is 1. The molecule has 0 unspecified atom stereocenters. The Morgan fingerprint density at radius 1 is 1.33 bits per heavy atom. The van der Waals surface area contributed by atoms with E-state index in [0.717, 1.165) is 15.6 Å². The summed E-state index contributed by atoms with van der Waals surface area (Å²) in [5, 5.41) is 12.9. The molecule has 4 heteroatoms. The zero-order valence-electron chi connectivity index (χ0n) is 8.11. The fourth-order valence-electron chi connectivity index (χ4n) is 1.39. The van der Waals surface area contributed by atoms with E-state index in [9.17, 15) is 0 Å². The third-order valence-electron chi connectivity index (χ3n) is 2.07. The molecule has 0 radical (unpaired) electrons. The van der Waals surface area contributed by atoms with Gasteiger partial charge in [-0.3, -0.25) is 4.68 Å². The number of nitrogens with zero attached hydrogens (tertiary/aromatic N) is 3. The van der Waals surface area contributed by atoms with Crippen molar-refractivity contribution in [2.75, 3.05) is 0 Å². The molecular weight excluding hydrogens is 254 g/mol. The van der Waals surface area contributed by atoms with Gasteiger partial charge in [0.1, 0.15) is 0 Å². The van der Waals surface area contributed by atoms with Gasteiger partial charge < -0.3 is 0 Å². The Morgan fingerprint density at radius 2 is 2.13 bits per heavy atom. The van der Waals surface area contributed by atoms with Crippen LogP contribution in [-0.2, 0) is 7.05 Å². The van der Waals surface area contributed by atoms with Crippen LogP contribution in [-0.4, -0.2) is 9.78 Å². The standard InChI is InChI=1S/C11H8BrN3/c1-15-7-10(6-14-15)9-2-8(5-13)3-11(12)4-9/h2-4,6-7H,1H3. The highest BCUT2D eigenvalue weighted by molar-refractivity contribution is 9.10. The highest BCUT2D eigenvalue weighted by atomic mass is 79.9. The Balaban J connectivity index is 2.54. The van der Waals surface area contributed by atoms with E-state index < -0.39 is 0 Å². The SMILES string of the molecule is Cn1cc(-c2cc(Br)cc(C#N)c2)cn1. The van der Waals surface area contributed by atoms with Crippen LogP contribution < -0.4 is 0 Å². The van der Waals surface area contributed by atoms with Crippen molar-refractivity contribution in [3.63, 3.8) is 0 Å². The summed E-state index contributed by atoms with van der Waals surface area (Å²) in [6.45, 7) is 0. The molecule has 1 aromatic heterocycles. The van der Waals surface area contributed by atoms with Crippen LogP contribution in [0.5, 0.6) is 0 Å². The number of benzene rings is 1. The zero-order chi connectivity index (χ0) is 10.8. The second kappa shape index (κ2) is 3.87. The van der Waals surface area contributed by atoms with E-state index in [1.807, 2.05) is 25.4 Å². The van der Waals surface area contributed by atoms with Crippen LogP contribution in [0.3, 0.4) is 0 Å². The zero-order valence-corrected chi connectivity index (χ0v) is 9.69. The van der Waals surface area contributed by atoms with Crippen molar-refractivity contribution in [2.24, 2.45) is 7.05 Å². The third kappa shape index (κ3) is 2.08. The van der Waals surface area contributed by atoms with Crippen LogP contribution in [0, 0.1) is 11.3 Å². The van der Waals surface area contributed by atoms with Crippen LogP contribution in [0.25, 0.3) is 11.1 Å². The largest absolute Gasteiger partial charge is 0.275 e. The van der Waals surface area contributed by atoms with E-state index in [0.29, 0.717) is 5.56 Å². The van der Waals surface area contributed by atoms with Crippen molar-refractivity contribution >= 4 is 15.9 Å². The summed E-state index contributed by atoms with van der Waals surface area (Å²) in [5.74, 6) is 0. The Morgan fingerprint density at radius 3 is 2.73 bits per heavy atom. The van der Waals surface area contributed by atoms with Crippen molar-refractivity contribution in [2.45, 2.75) is 0 Å². The predicted octanol–water partition coefficient (Wildman–Crippen LogP) is 2.72. The predicted molar refractivity (Wildman–Crippen MR) is 61.1 cm³/mol. The Hall–Kier alpha value is -1.60. The molecule has 0 aliphatic rings. The van der Waals surface area contributed by atoms with Crippen molar-refractivity contribution in [1.29, 1.82) is 5.26 Å². The summed E-state index contributed by atoms with van der Waals surface area (Å²) in [6, 6.07) is 7.74. The monoisotopic (exact) mass is 261 g/mol. The molecule has 74 valence electrons. The van der Waals surface area contributed by atoms with Crippen LogP contribution >= 0.6 is 15.9 Å². The average molecular weight is 262 g/mol. The van der Waals surface area contributed by atoms with E-state index in [4.69, 9.17) is 5.26 Å². The summed E-state index contributed by atoms with van der Waals surface area (Å²) in [4.78, 5) is 0. The second-order valence-corrected chi connectivity index (χ2v) is 4.16. The van der Waals surface area contributed by atoms with E-state index >= 15 is 0 Å². The molecule has 1 aromatic carbocycles. The minimum absolute atomic E-state index is 0.642. The maximum atomic E-state index is 8.85. The third-order valence-corrected chi connectivity index (χ3v) is 2.52. The van der Waals surface area contributed by atoms with Crippen molar-refractivity contribution in [3.05, 3.63) is 40.6 Å². The molecule has 15 heavy (non-hydrogen) atoms. The molecule has 0 saturated carbocycles. The van der Waals surface area contributed by atoms with Gasteiger partial charge in [0, 0.05) is 23.3 Å². The minimum atomic E-state index is 0.642. The maximum Gasteiger partial charge on any atom is 0.0992 e. The van der Waals surface area contributed by atoms with Gasteiger partial charge in [-0.1, -0.05) is 15.9 Å². The van der Waals surface area contributed by atoms with Crippen molar-refractivity contribution in [1.82, 2.24) is 9.78 Å². The first-order chi connectivity index (χ1) is 7.19. The lowest BCUT2D eigenvalue weighted by atomic mass is 10.1. The molecule has 3 nitrogen and oxygen atoms in total. The molecular formula is C11H8BrN3. The van der Waals surface area contributed by atoms with Gasteiger partial charge in [-0.05, 0) is 23.8 Å². The molecule has 0 fully saturated rings. The summed E-state index contributed by atoms with van der Waals surface area (Å²) >= 11 is 3.38. The van der Waals surface area contributed by atoms with Gasteiger partial charge in [0.25, 0.3) is 0 Å². The normalized spacial score (nSPS) is 9.93. The van der Waals surface area contributed by atoms with Crippen molar-refractivity contribution in [3.8, 4) is 17.2 Å². The number of halogens is 1. The van der Waals surface area contributed by atoms with Gasteiger partial charge >= 0.3 is 0 Å². The van der Waals surface area contributed by atoms with Gasteiger partial charge in [0.2, 0.25) is 0 Å². The van der Waals surface area contributed by atoms with E-state index in [1.165, 1.54) is 0 Å². The van der Waals surface area contributed by atoms with Gasteiger partial charge in [0.15, 0.2) is 0 Å². The van der Waals surface area contributed by atoms with E-state index in [2.05, 4.69) is 27.1 Å².